The van der Waals surface area contributed by atoms with Gasteiger partial charge in [-0.25, -0.2) is 0 Å². The van der Waals surface area contributed by atoms with Crippen LogP contribution in [0.5, 0.6) is 0 Å². The number of nitrogens with zero attached hydrogens (tertiary/aromatic N) is 1. The fourth-order valence-corrected chi connectivity index (χ4v) is 2.12. The third-order valence-electron chi connectivity index (χ3n) is 3.03. The summed E-state index contributed by atoms with van der Waals surface area (Å²) >= 11 is 5.99. The molecule has 0 spiro atoms. The molecule has 0 unspecified atom stereocenters. The molecule has 0 aliphatic carbocycles. The van der Waals surface area contributed by atoms with Crippen molar-refractivity contribution >= 4 is 29.0 Å². The lowest BCUT2D eigenvalue weighted by molar-refractivity contribution is -0.116. The second-order valence-electron chi connectivity index (χ2n) is 5.12. The summed E-state index contributed by atoms with van der Waals surface area (Å²) in [5.41, 5.74) is 1.20. The highest BCUT2D eigenvalue weighted by molar-refractivity contribution is 6.33. The number of para-hydroxylation sites is 1. The molecule has 0 aliphatic heterocycles. The highest BCUT2D eigenvalue weighted by Crippen LogP contribution is 2.20. The molecule has 2 aromatic rings. The molecule has 2 rings (SSSR count). The van der Waals surface area contributed by atoms with Crippen LogP contribution in [0.2, 0.25) is 5.02 Å². The van der Waals surface area contributed by atoms with E-state index in [0.29, 0.717) is 16.3 Å². The maximum Gasteiger partial charge on any atom is 0.244 e. The monoisotopic (exact) mass is 304 g/mol. The lowest BCUT2D eigenvalue weighted by atomic mass is 10.0. The topological polar surface area (TPSA) is 51.1 Å². The summed E-state index contributed by atoms with van der Waals surface area (Å²) < 4.78 is 1.68. The van der Waals surface area contributed by atoms with E-state index in [1.807, 2.05) is 13.8 Å². The number of rotatable bonds is 5. The summed E-state index contributed by atoms with van der Waals surface area (Å²) in [6.07, 6.45) is 3.41. The van der Waals surface area contributed by atoms with Gasteiger partial charge in [-0.1, -0.05) is 37.6 Å². The Bertz CT molecular complexity index is 662. The second kappa shape index (κ2) is 6.59. The first-order valence-corrected chi connectivity index (χ1v) is 7.09. The highest BCUT2D eigenvalue weighted by Gasteiger charge is 2.12. The SMILES string of the molecule is CC(C)C(=O)c1ccn(CC(=O)Nc2ccccc2Cl)c1. The van der Waals surface area contributed by atoms with Crippen LogP contribution in [0.3, 0.4) is 0 Å². The minimum absolute atomic E-state index is 0.0576. The first kappa shape index (κ1) is 15.3. The highest BCUT2D eigenvalue weighted by atomic mass is 35.5. The van der Waals surface area contributed by atoms with Gasteiger partial charge in [0.2, 0.25) is 5.91 Å². The van der Waals surface area contributed by atoms with E-state index in [4.69, 9.17) is 11.6 Å². The molecule has 1 heterocycles. The van der Waals surface area contributed by atoms with Gasteiger partial charge in [-0.05, 0) is 18.2 Å². The Morgan fingerprint density at radius 3 is 2.62 bits per heavy atom. The van der Waals surface area contributed by atoms with Gasteiger partial charge in [-0.3, -0.25) is 9.59 Å². The molecule has 1 amide bonds. The van der Waals surface area contributed by atoms with Gasteiger partial charge in [-0.2, -0.15) is 0 Å². The third kappa shape index (κ3) is 3.95. The summed E-state index contributed by atoms with van der Waals surface area (Å²) in [6, 6.07) is 8.78. The van der Waals surface area contributed by atoms with Crippen LogP contribution in [-0.4, -0.2) is 16.3 Å². The predicted molar refractivity (Wildman–Crippen MR) is 83.7 cm³/mol. The quantitative estimate of drug-likeness (QED) is 0.858. The minimum atomic E-state index is -0.192. The molecule has 5 heteroatoms. The summed E-state index contributed by atoms with van der Waals surface area (Å²) in [7, 11) is 0. The van der Waals surface area contributed by atoms with E-state index in [2.05, 4.69) is 5.32 Å². The Morgan fingerprint density at radius 2 is 1.95 bits per heavy atom. The molecule has 21 heavy (non-hydrogen) atoms. The Morgan fingerprint density at radius 1 is 1.24 bits per heavy atom. The minimum Gasteiger partial charge on any atom is -0.344 e. The van der Waals surface area contributed by atoms with Crippen LogP contribution < -0.4 is 5.32 Å². The Labute approximate surface area is 128 Å². The third-order valence-corrected chi connectivity index (χ3v) is 3.36. The van der Waals surface area contributed by atoms with Gasteiger partial charge in [-0.15, -0.1) is 0 Å². The van der Waals surface area contributed by atoms with Gasteiger partial charge in [0.15, 0.2) is 5.78 Å². The smallest absolute Gasteiger partial charge is 0.244 e. The molecule has 110 valence electrons. The van der Waals surface area contributed by atoms with Crippen LogP contribution in [0.25, 0.3) is 0 Å². The standard InChI is InChI=1S/C16H17ClN2O2/c1-11(2)16(21)12-7-8-19(9-12)10-15(20)18-14-6-4-3-5-13(14)17/h3-9,11H,10H2,1-2H3,(H,18,20). The molecule has 0 saturated carbocycles. The van der Waals surface area contributed by atoms with Crippen molar-refractivity contribution in [2.24, 2.45) is 5.92 Å². The number of anilines is 1. The van der Waals surface area contributed by atoms with Crippen molar-refractivity contribution in [2.45, 2.75) is 20.4 Å². The molecule has 1 N–H and O–H groups in total. The van der Waals surface area contributed by atoms with Gasteiger partial charge < -0.3 is 9.88 Å². The van der Waals surface area contributed by atoms with E-state index in [0.717, 1.165) is 0 Å². The lowest BCUT2D eigenvalue weighted by Crippen LogP contribution is -2.18. The van der Waals surface area contributed by atoms with Gasteiger partial charge in [0, 0.05) is 23.9 Å². The van der Waals surface area contributed by atoms with E-state index in [9.17, 15) is 9.59 Å². The van der Waals surface area contributed by atoms with E-state index in [1.54, 1.807) is 47.3 Å². The summed E-state index contributed by atoms with van der Waals surface area (Å²) in [6.45, 7) is 3.84. The molecular weight excluding hydrogens is 288 g/mol. The first-order chi connectivity index (χ1) is 9.97. The first-order valence-electron chi connectivity index (χ1n) is 6.71. The van der Waals surface area contributed by atoms with Crippen LogP contribution in [0.15, 0.2) is 42.7 Å². The van der Waals surface area contributed by atoms with Crippen LogP contribution in [0.1, 0.15) is 24.2 Å². The zero-order valence-corrected chi connectivity index (χ0v) is 12.7. The molecule has 0 aliphatic rings. The van der Waals surface area contributed by atoms with Crippen LogP contribution in [-0.2, 0) is 11.3 Å². The largest absolute Gasteiger partial charge is 0.344 e. The maximum atomic E-state index is 12.0. The summed E-state index contributed by atoms with van der Waals surface area (Å²) in [4.78, 5) is 23.8. The average molecular weight is 305 g/mol. The number of aromatic nitrogens is 1. The molecule has 0 fully saturated rings. The lowest BCUT2D eigenvalue weighted by Gasteiger charge is -2.07. The number of benzene rings is 1. The van der Waals surface area contributed by atoms with Gasteiger partial charge in [0.25, 0.3) is 0 Å². The molecule has 1 aromatic heterocycles. The van der Waals surface area contributed by atoms with Crippen molar-refractivity contribution in [1.29, 1.82) is 0 Å². The Balaban J connectivity index is 2.01. The van der Waals surface area contributed by atoms with E-state index >= 15 is 0 Å². The average Bonchev–Trinajstić information content (AvgIpc) is 2.88. The Hall–Kier alpha value is -2.07. The zero-order chi connectivity index (χ0) is 15.4. The van der Waals surface area contributed by atoms with Crippen molar-refractivity contribution in [3.63, 3.8) is 0 Å². The normalized spacial score (nSPS) is 10.7. The fraction of sp³-hybridized carbons (Fsp3) is 0.250. The predicted octanol–water partition coefficient (Wildman–Crippen LogP) is 3.62. The van der Waals surface area contributed by atoms with Crippen molar-refractivity contribution in [3.8, 4) is 0 Å². The number of halogens is 1. The number of hydrogen-bond donors (Lipinski definition) is 1. The molecule has 1 aromatic carbocycles. The van der Waals surface area contributed by atoms with E-state index < -0.39 is 0 Å². The zero-order valence-electron chi connectivity index (χ0n) is 12.0. The number of carbonyl (C=O) groups excluding carboxylic acids is 2. The van der Waals surface area contributed by atoms with Crippen molar-refractivity contribution in [3.05, 3.63) is 53.3 Å². The molecule has 0 radical (unpaired) electrons. The number of nitrogens with one attached hydrogen (secondary N) is 1. The van der Waals surface area contributed by atoms with Gasteiger partial charge >= 0.3 is 0 Å². The number of hydrogen-bond acceptors (Lipinski definition) is 2. The second-order valence-corrected chi connectivity index (χ2v) is 5.53. The molecule has 4 nitrogen and oxygen atoms in total. The molecule has 0 atom stereocenters. The van der Waals surface area contributed by atoms with Crippen molar-refractivity contribution in [2.75, 3.05) is 5.32 Å². The van der Waals surface area contributed by atoms with Crippen LogP contribution >= 0.6 is 11.6 Å². The molecule has 0 saturated heterocycles. The number of ketones is 1. The summed E-state index contributed by atoms with van der Waals surface area (Å²) in [5.74, 6) is -0.180. The van der Waals surface area contributed by atoms with Crippen molar-refractivity contribution < 1.29 is 9.59 Å². The number of amides is 1. The van der Waals surface area contributed by atoms with E-state index in [1.165, 1.54) is 0 Å². The van der Waals surface area contributed by atoms with Crippen LogP contribution in [0.4, 0.5) is 5.69 Å². The summed E-state index contributed by atoms with van der Waals surface area (Å²) in [5, 5.41) is 3.24. The number of carbonyl (C=O) groups is 2. The van der Waals surface area contributed by atoms with Gasteiger partial charge in [0.1, 0.15) is 6.54 Å². The van der Waals surface area contributed by atoms with E-state index in [-0.39, 0.29) is 24.2 Å². The fourth-order valence-electron chi connectivity index (χ4n) is 1.94. The maximum absolute atomic E-state index is 12.0. The van der Waals surface area contributed by atoms with Crippen LogP contribution in [0, 0.1) is 5.92 Å². The number of Topliss-reactive ketones (excluding diaryl/α,β-unsaturated/α-hetero) is 1. The Kier molecular flexibility index (Phi) is 4.81. The molecular formula is C16H17ClN2O2. The van der Waals surface area contributed by atoms with Crippen molar-refractivity contribution in [1.82, 2.24) is 4.57 Å². The van der Waals surface area contributed by atoms with Gasteiger partial charge in [0.05, 0.1) is 10.7 Å². The molecule has 0 bridgehead atoms.